The molecule has 0 fully saturated rings. The lowest BCUT2D eigenvalue weighted by atomic mass is 9.85. The van der Waals surface area contributed by atoms with Crippen LogP contribution in [0.4, 0.5) is 5.95 Å². The van der Waals surface area contributed by atoms with Gasteiger partial charge in [-0.3, -0.25) is 4.79 Å². The predicted molar refractivity (Wildman–Crippen MR) is 110 cm³/mol. The Hall–Kier alpha value is -2.68. The zero-order chi connectivity index (χ0) is 20.5. The number of aromatic nitrogens is 3. The molecule has 1 aromatic carbocycles. The van der Waals surface area contributed by atoms with Crippen LogP contribution in [0.25, 0.3) is 0 Å². The second-order valence-electron chi connectivity index (χ2n) is 6.72. The molecule has 1 N–H and O–H groups in total. The molecule has 1 aliphatic carbocycles. The molecule has 154 valence electrons. The number of carbonyl (C=O) groups excluding carboxylic acids is 1. The summed E-state index contributed by atoms with van der Waals surface area (Å²) in [5.74, 6) is 3.19. The standard InChI is InChI=1S/C20H24N4O4S/c1-5-29-20-22-19-21-12-7-6-8-13(25)15(12)16(24(19)23-20)11-9-10-14(26-2)18(28-4)17(11)27-3/h9-10,16H,5-8H2,1-4H3,(H,21,22,23)/t16-/m1/s1. The Morgan fingerprint density at radius 2 is 1.97 bits per heavy atom. The fourth-order valence-corrected chi connectivity index (χ4v) is 4.51. The van der Waals surface area contributed by atoms with Gasteiger partial charge < -0.3 is 19.5 Å². The topological polar surface area (TPSA) is 87.5 Å². The monoisotopic (exact) mass is 416 g/mol. The number of fused-ring (bicyclic) bond motifs is 1. The molecule has 0 bridgehead atoms. The van der Waals surface area contributed by atoms with Crippen LogP contribution in [0, 0.1) is 0 Å². The molecule has 2 aliphatic rings. The number of rotatable bonds is 6. The highest BCUT2D eigenvalue weighted by atomic mass is 32.2. The summed E-state index contributed by atoms with van der Waals surface area (Å²) in [5.41, 5.74) is 2.41. The van der Waals surface area contributed by atoms with Crippen LogP contribution >= 0.6 is 11.8 Å². The van der Waals surface area contributed by atoms with Crippen LogP contribution in [-0.2, 0) is 4.79 Å². The van der Waals surface area contributed by atoms with Crippen molar-refractivity contribution in [1.29, 1.82) is 0 Å². The van der Waals surface area contributed by atoms with E-state index in [4.69, 9.17) is 14.2 Å². The molecule has 1 aliphatic heterocycles. The predicted octanol–water partition coefficient (Wildman–Crippen LogP) is 3.44. The van der Waals surface area contributed by atoms with E-state index in [2.05, 4.69) is 22.3 Å². The first-order valence-corrected chi connectivity index (χ1v) is 10.5. The maximum absolute atomic E-state index is 13.0. The Bertz CT molecular complexity index is 985. The largest absolute Gasteiger partial charge is 0.493 e. The fourth-order valence-electron chi connectivity index (χ4n) is 3.95. The molecule has 2 aromatic rings. The summed E-state index contributed by atoms with van der Waals surface area (Å²) >= 11 is 1.56. The third kappa shape index (κ3) is 3.23. The smallest absolute Gasteiger partial charge is 0.227 e. The minimum Gasteiger partial charge on any atom is -0.493 e. The van der Waals surface area contributed by atoms with E-state index in [1.54, 1.807) is 37.8 Å². The van der Waals surface area contributed by atoms with Crippen molar-refractivity contribution in [2.75, 3.05) is 32.4 Å². The molecule has 0 unspecified atom stereocenters. The summed E-state index contributed by atoms with van der Waals surface area (Å²) in [6.45, 7) is 2.06. The van der Waals surface area contributed by atoms with Gasteiger partial charge in [-0.25, -0.2) is 4.68 Å². The first-order chi connectivity index (χ1) is 14.1. The number of nitrogens with one attached hydrogen (secondary N) is 1. The third-order valence-electron chi connectivity index (χ3n) is 5.15. The van der Waals surface area contributed by atoms with Crippen LogP contribution in [0.5, 0.6) is 17.2 Å². The summed E-state index contributed by atoms with van der Waals surface area (Å²) in [7, 11) is 4.73. The lowest BCUT2D eigenvalue weighted by Crippen LogP contribution is -2.31. The Morgan fingerprint density at radius 3 is 2.66 bits per heavy atom. The molecular weight excluding hydrogens is 392 g/mol. The molecule has 29 heavy (non-hydrogen) atoms. The number of hydrogen-bond donors (Lipinski definition) is 1. The highest BCUT2D eigenvalue weighted by molar-refractivity contribution is 7.99. The van der Waals surface area contributed by atoms with E-state index in [-0.39, 0.29) is 5.78 Å². The number of anilines is 1. The van der Waals surface area contributed by atoms with Crippen molar-refractivity contribution in [3.05, 3.63) is 29.0 Å². The molecule has 9 heteroatoms. The van der Waals surface area contributed by atoms with E-state index in [1.807, 2.05) is 12.1 Å². The molecule has 0 amide bonds. The van der Waals surface area contributed by atoms with Gasteiger partial charge in [-0.15, -0.1) is 5.10 Å². The van der Waals surface area contributed by atoms with Gasteiger partial charge in [-0.1, -0.05) is 18.7 Å². The van der Waals surface area contributed by atoms with Crippen molar-refractivity contribution in [2.24, 2.45) is 0 Å². The maximum atomic E-state index is 13.0. The lowest BCUT2D eigenvalue weighted by Gasteiger charge is -2.33. The number of benzene rings is 1. The number of thioether (sulfide) groups is 1. The normalized spacial score (nSPS) is 18.1. The van der Waals surface area contributed by atoms with Crippen molar-refractivity contribution >= 4 is 23.5 Å². The fraction of sp³-hybridized carbons (Fsp3) is 0.450. The Labute approximate surface area is 173 Å². The molecule has 1 aromatic heterocycles. The minimum atomic E-state index is -0.442. The van der Waals surface area contributed by atoms with E-state index in [9.17, 15) is 4.79 Å². The lowest BCUT2D eigenvalue weighted by molar-refractivity contribution is -0.116. The summed E-state index contributed by atoms with van der Waals surface area (Å²) < 4.78 is 18.5. The van der Waals surface area contributed by atoms with E-state index < -0.39 is 6.04 Å². The Morgan fingerprint density at radius 1 is 1.17 bits per heavy atom. The van der Waals surface area contributed by atoms with Crippen molar-refractivity contribution in [2.45, 2.75) is 37.4 Å². The quantitative estimate of drug-likeness (QED) is 0.717. The first-order valence-electron chi connectivity index (χ1n) is 9.54. The van der Waals surface area contributed by atoms with Crippen LogP contribution in [-0.4, -0.2) is 47.6 Å². The molecular formula is C20H24N4O4S. The van der Waals surface area contributed by atoms with Crippen LogP contribution in [0.1, 0.15) is 37.8 Å². The average Bonchev–Trinajstić information content (AvgIpc) is 3.13. The number of ether oxygens (including phenoxy) is 3. The Balaban J connectivity index is 1.95. The van der Waals surface area contributed by atoms with Gasteiger partial charge in [0.15, 0.2) is 17.3 Å². The summed E-state index contributed by atoms with van der Waals surface area (Å²) in [6, 6.07) is 3.29. The number of Topliss-reactive ketones (excluding diaryl/α,β-unsaturated/α-hetero) is 1. The van der Waals surface area contributed by atoms with Gasteiger partial charge in [0.05, 0.1) is 21.3 Å². The van der Waals surface area contributed by atoms with Gasteiger partial charge in [0.1, 0.15) is 6.04 Å². The molecule has 8 nitrogen and oxygen atoms in total. The summed E-state index contributed by atoms with van der Waals surface area (Å²) in [4.78, 5) is 17.6. The van der Waals surface area contributed by atoms with Gasteiger partial charge in [-0.05, 0) is 30.7 Å². The second kappa shape index (κ2) is 7.98. The number of hydrogen-bond acceptors (Lipinski definition) is 8. The van der Waals surface area contributed by atoms with Gasteiger partial charge in [-0.2, -0.15) is 4.98 Å². The van der Waals surface area contributed by atoms with Crippen molar-refractivity contribution < 1.29 is 19.0 Å². The van der Waals surface area contributed by atoms with Gasteiger partial charge >= 0.3 is 0 Å². The highest BCUT2D eigenvalue weighted by Gasteiger charge is 2.39. The molecule has 2 heterocycles. The zero-order valence-corrected chi connectivity index (χ0v) is 17.8. The SMILES string of the molecule is CCSc1nc2n(n1)[C@H](c1ccc(OC)c(OC)c1OC)C1=C(CCCC1=O)N2. The van der Waals surface area contributed by atoms with E-state index in [0.29, 0.717) is 40.3 Å². The maximum Gasteiger partial charge on any atom is 0.227 e. The van der Waals surface area contributed by atoms with Crippen LogP contribution < -0.4 is 19.5 Å². The molecule has 1 atom stereocenters. The van der Waals surface area contributed by atoms with E-state index in [0.717, 1.165) is 29.9 Å². The van der Waals surface area contributed by atoms with E-state index >= 15 is 0 Å². The second-order valence-corrected chi connectivity index (χ2v) is 7.95. The highest BCUT2D eigenvalue weighted by Crippen LogP contribution is 2.48. The van der Waals surface area contributed by atoms with Crippen LogP contribution in [0.3, 0.4) is 0 Å². The average molecular weight is 417 g/mol. The molecule has 0 saturated carbocycles. The zero-order valence-electron chi connectivity index (χ0n) is 16.9. The minimum absolute atomic E-state index is 0.117. The molecule has 4 rings (SSSR count). The molecule has 0 radical (unpaired) electrons. The molecule has 0 saturated heterocycles. The van der Waals surface area contributed by atoms with Gasteiger partial charge in [0.2, 0.25) is 16.9 Å². The van der Waals surface area contributed by atoms with Crippen molar-refractivity contribution in [3.63, 3.8) is 0 Å². The number of methoxy groups -OCH3 is 3. The first kappa shape index (κ1) is 19.6. The number of nitrogens with zero attached hydrogens (tertiary/aromatic N) is 3. The third-order valence-corrected chi connectivity index (χ3v) is 5.87. The van der Waals surface area contributed by atoms with Crippen LogP contribution in [0.15, 0.2) is 28.6 Å². The van der Waals surface area contributed by atoms with Crippen molar-refractivity contribution in [3.8, 4) is 17.2 Å². The summed E-state index contributed by atoms with van der Waals surface area (Å²) in [5, 5.41) is 8.70. The van der Waals surface area contributed by atoms with Crippen LogP contribution in [0.2, 0.25) is 0 Å². The number of allylic oxidation sites excluding steroid dienone is 2. The number of carbonyl (C=O) groups is 1. The summed E-state index contributed by atoms with van der Waals surface area (Å²) in [6.07, 6.45) is 2.15. The Kier molecular flexibility index (Phi) is 5.40. The van der Waals surface area contributed by atoms with Crippen molar-refractivity contribution in [1.82, 2.24) is 14.8 Å². The van der Waals surface area contributed by atoms with Gasteiger partial charge in [0.25, 0.3) is 0 Å². The van der Waals surface area contributed by atoms with E-state index in [1.165, 1.54) is 0 Å². The van der Waals surface area contributed by atoms with Gasteiger partial charge in [0, 0.05) is 23.3 Å². The number of ketones is 1. The molecule has 0 spiro atoms.